The van der Waals surface area contributed by atoms with Gasteiger partial charge in [-0.05, 0) is 37.6 Å². The number of hydrogen-bond donors (Lipinski definition) is 0. The first-order chi connectivity index (χ1) is 11.6. The normalized spacial score (nSPS) is 11.1. The molecule has 3 nitrogen and oxygen atoms in total. The van der Waals surface area contributed by atoms with E-state index in [0.29, 0.717) is 0 Å². The van der Waals surface area contributed by atoms with E-state index in [9.17, 15) is 4.39 Å². The monoisotopic (exact) mass is 317 g/mol. The van der Waals surface area contributed by atoms with Crippen molar-refractivity contribution in [1.82, 2.24) is 14.6 Å². The van der Waals surface area contributed by atoms with Crippen LogP contribution in [-0.4, -0.2) is 14.6 Å². The molecule has 0 N–H and O–H groups in total. The van der Waals surface area contributed by atoms with E-state index >= 15 is 0 Å². The molecule has 0 saturated carbocycles. The lowest BCUT2D eigenvalue weighted by molar-refractivity contribution is 0.628. The van der Waals surface area contributed by atoms with Crippen LogP contribution in [0.2, 0.25) is 0 Å². The minimum atomic E-state index is -0.264. The highest BCUT2D eigenvalue weighted by Gasteiger charge is 2.15. The molecule has 4 rings (SSSR count). The van der Waals surface area contributed by atoms with Gasteiger partial charge < -0.3 is 0 Å². The van der Waals surface area contributed by atoms with Gasteiger partial charge >= 0.3 is 0 Å². The molecule has 4 heteroatoms. The minimum Gasteiger partial charge on any atom is -0.236 e. The first kappa shape index (κ1) is 14.6. The highest BCUT2D eigenvalue weighted by atomic mass is 19.1. The van der Waals surface area contributed by atoms with Gasteiger partial charge in [0.15, 0.2) is 5.65 Å². The van der Waals surface area contributed by atoms with Crippen LogP contribution in [0.3, 0.4) is 0 Å². The molecule has 118 valence electrons. The summed E-state index contributed by atoms with van der Waals surface area (Å²) in [6.07, 6.45) is 1.74. The zero-order valence-electron chi connectivity index (χ0n) is 13.5. The molecule has 0 atom stereocenters. The number of aryl methyl sites for hydroxylation is 2. The minimum absolute atomic E-state index is 0.264. The maximum atomic E-state index is 13.6. The molecule has 24 heavy (non-hydrogen) atoms. The van der Waals surface area contributed by atoms with Crippen molar-refractivity contribution in [3.05, 3.63) is 77.9 Å². The van der Waals surface area contributed by atoms with E-state index in [-0.39, 0.29) is 5.82 Å². The van der Waals surface area contributed by atoms with Crippen molar-refractivity contribution >= 4 is 5.65 Å². The van der Waals surface area contributed by atoms with Crippen molar-refractivity contribution in [2.45, 2.75) is 13.8 Å². The van der Waals surface area contributed by atoms with Crippen LogP contribution in [0.15, 0.2) is 60.8 Å². The Bertz CT molecular complexity index is 1030. The van der Waals surface area contributed by atoms with Gasteiger partial charge in [0.25, 0.3) is 0 Å². The Hall–Kier alpha value is -3.01. The predicted octanol–water partition coefficient (Wildman–Crippen LogP) is 4.82. The van der Waals surface area contributed by atoms with Crippen molar-refractivity contribution in [2.24, 2.45) is 0 Å². The van der Waals surface area contributed by atoms with E-state index in [1.54, 1.807) is 16.8 Å². The first-order valence-electron chi connectivity index (χ1n) is 7.81. The van der Waals surface area contributed by atoms with Crippen molar-refractivity contribution in [2.75, 3.05) is 0 Å². The van der Waals surface area contributed by atoms with Crippen LogP contribution < -0.4 is 0 Å². The van der Waals surface area contributed by atoms with Crippen LogP contribution in [0.5, 0.6) is 0 Å². The molecule has 2 aromatic heterocycles. The van der Waals surface area contributed by atoms with Gasteiger partial charge in [-0.2, -0.15) is 5.10 Å². The van der Waals surface area contributed by atoms with Gasteiger partial charge in [0, 0.05) is 17.3 Å². The van der Waals surface area contributed by atoms with E-state index in [1.165, 1.54) is 17.7 Å². The summed E-state index contributed by atoms with van der Waals surface area (Å²) >= 11 is 0. The number of benzene rings is 2. The number of halogens is 1. The lowest BCUT2D eigenvalue weighted by Gasteiger charge is -2.05. The van der Waals surface area contributed by atoms with Gasteiger partial charge in [0.2, 0.25) is 0 Å². The largest absolute Gasteiger partial charge is 0.236 e. The Morgan fingerprint density at radius 2 is 1.71 bits per heavy atom. The molecule has 0 bridgehead atoms. The second kappa shape index (κ2) is 5.57. The Morgan fingerprint density at radius 3 is 2.46 bits per heavy atom. The third-order valence-electron chi connectivity index (χ3n) is 4.15. The fourth-order valence-electron chi connectivity index (χ4n) is 2.98. The molecular formula is C20H16FN3. The summed E-state index contributed by atoms with van der Waals surface area (Å²) in [5.74, 6) is -0.264. The predicted molar refractivity (Wildman–Crippen MR) is 93.3 cm³/mol. The van der Waals surface area contributed by atoms with Gasteiger partial charge in [0.1, 0.15) is 5.82 Å². The molecule has 0 aliphatic heterocycles. The van der Waals surface area contributed by atoms with Crippen LogP contribution in [0.1, 0.15) is 11.3 Å². The number of nitrogens with zero attached hydrogens (tertiary/aromatic N) is 3. The quantitative estimate of drug-likeness (QED) is 0.530. The highest BCUT2D eigenvalue weighted by Crippen LogP contribution is 2.30. The fraction of sp³-hybridized carbons (Fsp3) is 0.100. The van der Waals surface area contributed by atoms with Crippen LogP contribution in [-0.2, 0) is 0 Å². The van der Waals surface area contributed by atoms with E-state index in [1.807, 2.05) is 19.1 Å². The van der Waals surface area contributed by atoms with Crippen molar-refractivity contribution in [3.63, 3.8) is 0 Å². The summed E-state index contributed by atoms with van der Waals surface area (Å²) in [5, 5.41) is 4.65. The van der Waals surface area contributed by atoms with Crippen molar-refractivity contribution < 1.29 is 4.39 Å². The van der Waals surface area contributed by atoms with E-state index < -0.39 is 0 Å². The van der Waals surface area contributed by atoms with Gasteiger partial charge in [-0.1, -0.05) is 42.0 Å². The molecule has 0 aliphatic carbocycles. The summed E-state index contributed by atoms with van der Waals surface area (Å²) < 4.78 is 15.4. The lowest BCUT2D eigenvalue weighted by Crippen LogP contribution is -1.96. The second-order valence-corrected chi connectivity index (χ2v) is 5.90. The zero-order valence-corrected chi connectivity index (χ0v) is 13.5. The summed E-state index contributed by atoms with van der Waals surface area (Å²) in [6.45, 7) is 4.03. The van der Waals surface area contributed by atoms with E-state index in [0.717, 1.165) is 33.7 Å². The Morgan fingerprint density at radius 1 is 0.917 bits per heavy atom. The average molecular weight is 317 g/mol. The maximum absolute atomic E-state index is 13.6. The fourth-order valence-corrected chi connectivity index (χ4v) is 2.98. The van der Waals surface area contributed by atoms with Crippen LogP contribution in [0.25, 0.3) is 28.0 Å². The zero-order chi connectivity index (χ0) is 16.7. The molecule has 0 unspecified atom stereocenters. The third kappa shape index (κ3) is 2.36. The maximum Gasteiger partial charge on any atom is 0.163 e. The number of rotatable bonds is 2. The van der Waals surface area contributed by atoms with Gasteiger partial charge in [-0.3, -0.25) is 0 Å². The standard InChI is InChI=1S/C20H16FN3/c1-13-6-8-15(9-7-13)19-14(2)23-24-18(10-11-22-20(19)24)16-4-3-5-17(21)12-16/h3-12H,1-2H3. The van der Waals surface area contributed by atoms with Crippen LogP contribution in [0.4, 0.5) is 4.39 Å². The molecule has 0 aliphatic rings. The topological polar surface area (TPSA) is 30.2 Å². The smallest absolute Gasteiger partial charge is 0.163 e. The molecule has 4 aromatic rings. The summed E-state index contributed by atoms with van der Waals surface area (Å²) in [5.41, 5.74) is 6.57. The first-order valence-corrected chi connectivity index (χ1v) is 7.81. The molecule has 2 heterocycles. The van der Waals surface area contributed by atoms with Crippen LogP contribution in [0, 0.1) is 19.7 Å². The molecule has 0 radical (unpaired) electrons. The van der Waals surface area contributed by atoms with Crippen molar-refractivity contribution in [1.29, 1.82) is 0 Å². The molecule has 2 aromatic carbocycles. The second-order valence-electron chi connectivity index (χ2n) is 5.90. The highest BCUT2D eigenvalue weighted by molar-refractivity contribution is 5.81. The van der Waals surface area contributed by atoms with Gasteiger partial charge in [0.05, 0.1) is 11.4 Å². The number of aromatic nitrogens is 3. The van der Waals surface area contributed by atoms with E-state index in [4.69, 9.17) is 0 Å². The molecule has 0 amide bonds. The SMILES string of the molecule is Cc1ccc(-c2c(C)nn3c(-c4cccc(F)c4)ccnc23)cc1. The Kier molecular flexibility index (Phi) is 3.38. The molecule has 0 saturated heterocycles. The summed E-state index contributed by atoms with van der Waals surface area (Å²) in [7, 11) is 0. The lowest BCUT2D eigenvalue weighted by atomic mass is 10.0. The average Bonchev–Trinajstić information content (AvgIpc) is 2.91. The molecular weight excluding hydrogens is 301 g/mol. The van der Waals surface area contributed by atoms with Crippen LogP contribution >= 0.6 is 0 Å². The number of fused-ring (bicyclic) bond motifs is 1. The number of hydrogen-bond acceptors (Lipinski definition) is 2. The molecule has 0 spiro atoms. The Labute approximate surface area is 139 Å². The summed E-state index contributed by atoms with van der Waals surface area (Å²) in [4.78, 5) is 4.52. The van der Waals surface area contributed by atoms with Gasteiger partial charge in [-0.25, -0.2) is 13.9 Å². The molecule has 0 fully saturated rings. The third-order valence-corrected chi connectivity index (χ3v) is 4.15. The van der Waals surface area contributed by atoms with E-state index in [2.05, 4.69) is 41.3 Å². The summed E-state index contributed by atoms with van der Waals surface area (Å²) in [6, 6.07) is 16.7. The Balaban J connectivity index is 1.97. The van der Waals surface area contributed by atoms with Crippen molar-refractivity contribution in [3.8, 4) is 22.4 Å². The van der Waals surface area contributed by atoms with Gasteiger partial charge in [-0.15, -0.1) is 0 Å².